The molecule has 13 heteroatoms. The van der Waals surface area contributed by atoms with Gasteiger partial charge in [-0.1, -0.05) is 120 Å². The minimum absolute atomic E-state index is 0.108. The second kappa shape index (κ2) is 34.9. The highest BCUT2D eigenvalue weighted by Crippen LogP contribution is 2.43. The SMILES string of the molecule is CCCC/C=C\CCCCCCCC(=O)O[C@H](COC(=O)CCC/C=C/C/C=C\C[C@H](O)/C=C\C=C/CCCCC)COP(=O)(O)OC[C@H](N)C(=O)O. The molecule has 0 saturated heterocycles. The van der Waals surface area contributed by atoms with E-state index in [-0.39, 0.29) is 12.8 Å². The maximum Gasteiger partial charge on any atom is 0.472 e. The number of phosphoric ester groups is 1. The molecule has 12 nitrogen and oxygen atoms in total. The van der Waals surface area contributed by atoms with Crippen molar-refractivity contribution in [1.82, 2.24) is 0 Å². The highest BCUT2D eigenvalue weighted by Gasteiger charge is 2.28. The van der Waals surface area contributed by atoms with Gasteiger partial charge in [-0.2, -0.15) is 0 Å². The average Bonchev–Trinajstić information content (AvgIpc) is 3.12. The van der Waals surface area contributed by atoms with Gasteiger partial charge in [0.1, 0.15) is 12.6 Å². The van der Waals surface area contributed by atoms with Gasteiger partial charge in [-0.15, -0.1) is 0 Å². The van der Waals surface area contributed by atoms with Crippen LogP contribution in [0.1, 0.15) is 136 Å². The van der Waals surface area contributed by atoms with Gasteiger partial charge in [0.25, 0.3) is 0 Å². The van der Waals surface area contributed by atoms with Gasteiger partial charge < -0.3 is 30.3 Å². The fraction of sp³-hybridized carbons (Fsp3) is 0.675. The van der Waals surface area contributed by atoms with Crippen molar-refractivity contribution in [2.24, 2.45) is 5.73 Å². The third kappa shape index (κ3) is 34.6. The summed E-state index contributed by atoms with van der Waals surface area (Å²) in [6, 6.07) is -1.54. The lowest BCUT2D eigenvalue weighted by Gasteiger charge is -2.20. The Morgan fingerprint density at radius 1 is 0.679 bits per heavy atom. The van der Waals surface area contributed by atoms with Crippen LogP contribution < -0.4 is 5.73 Å². The molecular weight excluding hydrogens is 701 g/mol. The molecule has 53 heavy (non-hydrogen) atoms. The first-order valence-electron chi connectivity index (χ1n) is 19.4. The van der Waals surface area contributed by atoms with Crippen molar-refractivity contribution < 1.29 is 52.6 Å². The van der Waals surface area contributed by atoms with E-state index in [4.69, 9.17) is 24.8 Å². The van der Waals surface area contributed by atoms with Crippen LogP contribution >= 0.6 is 7.82 Å². The number of hydrogen-bond acceptors (Lipinski definition) is 10. The summed E-state index contributed by atoms with van der Waals surface area (Å²) < 4.78 is 32.4. The molecule has 0 aliphatic heterocycles. The molecule has 0 aromatic carbocycles. The summed E-state index contributed by atoms with van der Waals surface area (Å²) in [7, 11) is -4.74. The molecule has 0 fully saturated rings. The lowest BCUT2D eigenvalue weighted by molar-refractivity contribution is -0.161. The van der Waals surface area contributed by atoms with Crippen molar-refractivity contribution >= 4 is 25.7 Å². The van der Waals surface area contributed by atoms with Crippen molar-refractivity contribution in [1.29, 1.82) is 0 Å². The number of ether oxygens (including phenoxy) is 2. The van der Waals surface area contributed by atoms with E-state index in [9.17, 15) is 28.9 Å². The molecule has 5 N–H and O–H groups in total. The molecule has 0 amide bonds. The second-order valence-electron chi connectivity index (χ2n) is 12.9. The van der Waals surface area contributed by atoms with Crippen LogP contribution in [0, 0.1) is 0 Å². The van der Waals surface area contributed by atoms with Crippen LogP contribution in [0.15, 0.2) is 60.8 Å². The third-order valence-corrected chi connectivity index (χ3v) is 8.77. The Kier molecular flexibility index (Phi) is 33.0. The molecule has 0 spiro atoms. The minimum atomic E-state index is -4.74. The van der Waals surface area contributed by atoms with Crippen LogP contribution in [0.3, 0.4) is 0 Å². The van der Waals surface area contributed by atoms with Gasteiger partial charge in [0.2, 0.25) is 0 Å². The Labute approximate surface area is 318 Å². The summed E-state index contributed by atoms with van der Waals surface area (Å²) in [5.41, 5.74) is 5.30. The number of rotatable bonds is 35. The Hall–Kier alpha value is -2.86. The number of carboxylic acid groups (broad SMARTS) is 1. The predicted octanol–water partition coefficient (Wildman–Crippen LogP) is 8.58. The number of nitrogens with two attached hydrogens (primary N) is 1. The van der Waals surface area contributed by atoms with Gasteiger partial charge in [0, 0.05) is 12.8 Å². The molecule has 0 heterocycles. The molecule has 0 saturated carbocycles. The lowest BCUT2D eigenvalue weighted by atomic mass is 10.1. The van der Waals surface area contributed by atoms with Crippen molar-refractivity contribution in [2.45, 2.75) is 154 Å². The van der Waals surface area contributed by atoms with Crippen molar-refractivity contribution in [3.8, 4) is 0 Å². The largest absolute Gasteiger partial charge is 0.480 e. The zero-order valence-corrected chi connectivity index (χ0v) is 33.1. The second-order valence-corrected chi connectivity index (χ2v) is 14.4. The highest BCUT2D eigenvalue weighted by atomic mass is 31.2. The molecule has 1 unspecified atom stereocenters. The van der Waals surface area contributed by atoms with Gasteiger partial charge in [-0.3, -0.25) is 23.4 Å². The van der Waals surface area contributed by atoms with Crippen LogP contribution in [0.5, 0.6) is 0 Å². The van der Waals surface area contributed by atoms with Crippen molar-refractivity contribution in [2.75, 3.05) is 19.8 Å². The normalized spacial score (nSPS) is 15.1. The van der Waals surface area contributed by atoms with Crippen molar-refractivity contribution in [3.05, 3.63) is 60.8 Å². The first kappa shape index (κ1) is 50.1. The number of allylic oxidation sites excluding steroid dienone is 8. The van der Waals surface area contributed by atoms with Gasteiger partial charge in [0.05, 0.1) is 19.3 Å². The number of hydrogen-bond donors (Lipinski definition) is 4. The molecule has 0 bridgehead atoms. The van der Waals surface area contributed by atoms with Gasteiger partial charge in [-0.05, 0) is 64.2 Å². The first-order chi connectivity index (χ1) is 25.5. The molecular formula is C40H68NO11P. The zero-order chi connectivity index (χ0) is 39.4. The summed E-state index contributed by atoms with van der Waals surface area (Å²) in [6.45, 7) is 2.55. The maximum atomic E-state index is 12.5. The molecule has 0 aromatic heterocycles. The van der Waals surface area contributed by atoms with E-state index in [1.54, 1.807) is 6.08 Å². The number of phosphoric acid groups is 1. The van der Waals surface area contributed by atoms with Crippen molar-refractivity contribution in [3.63, 3.8) is 0 Å². The number of aliphatic hydroxyl groups is 1. The van der Waals surface area contributed by atoms with E-state index in [1.807, 2.05) is 36.5 Å². The Morgan fingerprint density at radius 2 is 1.26 bits per heavy atom. The predicted molar refractivity (Wildman–Crippen MR) is 209 cm³/mol. The molecule has 304 valence electrons. The van der Waals surface area contributed by atoms with E-state index in [1.165, 1.54) is 32.1 Å². The summed E-state index contributed by atoms with van der Waals surface area (Å²) in [5.74, 6) is -2.52. The average molecular weight is 770 g/mol. The Balaban J connectivity index is 4.59. The van der Waals surface area contributed by atoms with E-state index in [0.29, 0.717) is 32.1 Å². The molecule has 0 radical (unpaired) electrons. The van der Waals surface area contributed by atoms with E-state index < -0.39 is 63.8 Å². The minimum Gasteiger partial charge on any atom is -0.480 e. The number of aliphatic carboxylic acids is 1. The van der Waals surface area contributed by atoms with E-state index in [2.05, 4.69) is 36.6 Å². The maximum absolute atomic E-state index is 12.5. The molecule has 0 aromatic rings. The summed E-state index contributed by atoms with van der Waals surface area (Å²) in [4.78, 5) is 45.7. The number of carbonyl (C=O) groups excluding carboxylic acids is 2. The quantitative estimate of drug-likeness (QED) is 0.0158. The van der Waals surface area contributed by atoms with Crippen LogP contribution in [0.25, 0.3) is 0 Å². The summed E-state index contributed by atoms with van der Waals surface area (Å²) in [6.07, 6.45) is 34.7. The topological polar surface area (TPSA) is 192 Å². The number of esters is 2. The van der Waals surface area contributed by atoms with E-state index >= 15 is 0 Å². The van der Waals surface area contributed by atoms with Crippen LogP contribution in [0.4, 0.5) is 0 Å². The molecule has 0 aliphatic rings. The number of unbranched alkanes of at least 4 members (excludes halogenated alkanes) is 11. The number of aliphatic hydroxyl groups excluding tert-OH is 1. The monoisotopic (exact) mass is 769 g/mol. The summed E-state index contributed by atoms with van der Waals surface area (Å²) in [5, 5.41) is 18.9. The summed E-state index contributed by atoms with van der Waals surface area (Å²) >= 11 is 0. The highest BCUT2D eigenvalue weighted by molar-refractivity contribution is 7.47. The fourth-order valence-corrected chi connectivity index (χ4v) is 5.42. The molecule has 0 aliphatic carbocycles. The van der Waals surface area contributed by atoms with Gasteiger partial charge >= 0.3 is 25.7 Å². The Bertz CT molecular complexity index is 1150. The molecule has 4 atom stereocenters. The van der Waals surface area contributed by atoms with Gasteiger partial charge in [-0.25, -0.2) is 4.57 Å². The van der Waals surface area contributed by atoms with Crippen LogP contribution in [0.2, 0.25) is 0 Å². The van der Waals surface area contributed by atoms with Gasteiger partial charge in [0.15, 0.2) is 6.10 Å². The fourth-order valence-electron chi connectivity index (χ4n) is 4.65. The third-order valence-electron chi connectivity index (χ3n) is 7.82. The Morgan fingerprint density at radius 3 is 2.00 bits per heavy atom. The number of carbonyl (C=O) groups is 3. The molecule has 0 rings (SSSR count). The lowest BCUT2D eigenvalue weighted by Crippen LogP contribution is -2.34. The number of carboxylic acids is 1. The van der Waals surface area contributed by atoms with Crippen LogP contribution in [-0.2, 0) is 37.5 Å². The first-order valence-corrected chi connectivity index (χ1v) is 20.9. The van der Waals surface area contributed by atoms with E-state index in [0.717, 1.165) is 44.9 Å². The zero-order valence-electron chi connectivity index (χ0n) is 32.2. The standard InChI is InChI=1S/C40H68NO11P/c1-3-5-7-9-11-12-13-14-18-23-27-31-39(44)52-36(33-50-53(47,48)51-34-37(41)40(45)46)32-49-38(43)30-26-22-19-15-17-21-25-29-35(42)28-24-20-16-10-8-6-4-2/h9,11,15-16,19-21,24-25,28,35-37,42H,3-8,10,12-14,17-18,22-23,26-27,29-34,41H2,1-2H3,(H,45,46)(H,47,48)/b11-9-,19-15+,20-16-,25-21-,28-24-/t35-,36-,37+/m1/s1. The smallest absolute Gasteiger partial charge is 0.472 e. The van der Waals surface area contributed by atoms with Crippen LogP contribution in [-0.4, -0.2) is 71.1 Å².